The van der Waals surface area contributed by atoms with E-state index in [1.54, 1.807) is 16.9 Å². The third kappa shape index (κ3) is 6.01. The van der Waals surface area contributed by atoms with Crippen LogP contribution in [-0.2, 0) is 31.2 Å². The number of aromatic nitrogens is 4. The Labute approximate surface area is 248 Å². The minimum atomic E-state index is -0.898. The Morgan fingerprint density at radius 1 is 1.05 bits per heavy atom. The van der Waals surface area contributed by atoms with Crippen molar-refractivity contribution in [2.45, 2.75) is 45.2 Å². The van der Waals surface area contributed by atoms with Crippen LogP contribution in [0.2, 0.25) is 0 Å². The standard InChI is InChI=1S/C33H34F2N6O2/c1-4-25-11-12-26(43-25)18-40-19-27(22-10-13-28(34)29(35)14-22)30(20-40)37-32(42)15-31-21(2)33(23-16-36-39(3)17-23)38-41(31)24-8-6-5-7-9-24/h5-14,16-17,27,30H,4,15,18-20H2,1-3H3,(H,37,42)/t27-,30+/m0/s1. The van der Waals surface area contributed by atoms with E-state index < -0.39 is 11.6 Å². The topological polar surface area (TPSA) is 81.1 Å². The van der Waals surface area contributed by atoms with Crippen LogP contribution in [0.5, 0.6) is 0 Å². The molecule has 1 N–H and O–H groups in total. The van der Waals surface area contributed by atoms with Crippen LogP contribution in [0.1, 0.15) is 41.2 Å². The number of carbonyl (C=O) groups excluding carboxylic acids is 1. The molecule has 0 saturated carbocycles. The van der Waals surface area contributed by atoms with E-state index in [2.05, 4.69) is 15.3 Å². The first kappa shape index (κ1) is 28.5. The molecule has 2 atom stereocenters. The van der Waals surface area contributed by atoms with Crippen LogP contribution < -0.4 is 5.32 Å². The van der Waals surface area contributed by atoms with E-state index in [0.29, 0.717) is 25.2 Å². The van der Waals surface area contributed by atoms with Gasteiger partial charge in [0, 0.05) is 50.3 Å². The smallest absolute Gasteiger partial charge is 0.226 e. The normalized spacial score (nSPS) is 17.0. The molecule has 1 aliphatic heterocycles. The monoisotopic (exact) mass is 584 g/mol. The average molecular weight is 585 g/mol. The number of nitrogens with one attached hydrogen (secondary N) is 1. The lowest BCUT2D eigenvalue weighted by Gasteiger charge is -2.21. The summed E-state index contributed by atoms with van der Waals surface area (Å²) in [7, 11) is 1.85. The molecule has 1 saturated heterocycles. The van der Waals surface area contributed by atoms with Crippen LogP contribution in [0.4, 0.5) is 8.78 Å². The molecule has 0 aliphatic carbocycles. The van der Waals surface area contributed by atoms with Crippen molar-refractivity contribution in [3.05, 3.63) is 113 Å². The Hall–Kier alpha value is -4.57. The Kier molecular flexibility index (Phi) is 7.94. The third-order valence-corrected chi connectivity index (χ3v) is 8.11. The van der Waals surface area contributed by atoms with Crippen molar-refractivity contribution in [2.24, 2.45) is 7.05 Å². The summed E-state index contributed by atoms with van der Waals surface area (Å²) in [6.07, 6.45) is 4.55. The lowest BCUT2D eigenvalue weighted by Crippen LogP contribution is -2.41. The number of likely N-dealkylation sites (tertiary alicyclic amines) is 1. The largest absolute Gasteiger partial charge is 0.465 e. The number of hydrogen-bond donors (Lipinski definition) is 1. The third-order valence-electron chi connectivity index (χ3n) is 8.11. The number of halogens is 2. The average Bonchev–Trinajstić information content (AvgIpc) is 3.79. The number of aryl methyl sites for hydroxylation is 2. The van der Waals surface area contributed by atoms with Crippen molar-refractivity contribution in [3.8, 4) is 16.9 Å². The number of furan rings is 1. The number of rotatable bonds is 9. The van der Waals surface area contributed by atoms with E-state index >= 15 is 0 Å². The van der Waals surface area contributed by atoms with Crippen molar-refractivity contribution in [2.75, 3.05) is 13.1 Å². The molecule has 0 radical (unpaired) electrons. The van der Waals surface area contributed by atoms with Gasteiger partial charge in [-0.2, -0.15) is 10.2 Å². The SMILES string of the molecule is CCc1ccc(CN2C[C@@H](NC(=O)Cc3c(C)c(-c4cnn(C)c4)nn3-c3ccccc3)[C@H](c3ccc(F)c(F)c3)C2)o1. The molecule has 0 bridgehead atoms. The van der Waals surface area contributed by atoms with Crippen molar-refractivity contribution < 1.29 is 18.0 Å². The Balaban J connectivity index is 1.27. The highest BCUT2D eigenvalue weighted by Gasteiger charge is 2.36. The maximum atomic E-state index is 14.3. The highest BCUT2D eigenvalue weighted by atomic mass is 19.2. The van der Waals surface area contributed by atoms with Gasteiger partial charge in [-0.3, -0.25) is 14.4 Å². The zero-order chi connectivity index (χ0) is 30.1. The molecule has 43 heavy (non-hydrogen) atoms. The van der Waals surface area contributed by atoms with E-state index in [9.17, 15) is 13.6 Å². The summed E-state index contributed by atoms with van der Waals surface area (Å²) in [4.78, 5) is 15.9. The molecule has 4 heterocycles. The van der Waals surface area contributed by atoms with E-state index in [-0.39, 0.29) is 24.3 Å². The van der Waals surface area contributed by atoms with E-state index in [4.69, 9.17) is 9.52 Å². The van der Waals surface area contributed by atoms with Crippen LogP contribution in [0.25, 0.3) is 16.9 Å². The zero-order valence-electron chi connectivity index (χ0n) is 24.4. The van der Waals surface area contributed by atoms with Crippen LogP contribution in [0, 0.1) is 18.6 Å². The Morgan fingerprint density at radius 2 is 1.84 bits per heavy atom. The number of carbonyl (C=O) groups is 1. The molecule has 2 aromatic carbocycles. The molecule has 1 aliphatic rings. The summed E-state index contributed by atoms with van der Waals surface area (Å²) >= 11 is 0. The quantitative estimate of drug-likeness (QED) is 0.253. The van der Waals surface area contributed by atoms with E-state index in [0.717, 1.165) is 52.2 Å². The fourth-order valence-electron chi connectivity index (χ4n) is 5.91. The van der Waals surface area contributed by atoms with Gasteiger partial charge in [-0.05, 0) is 54.4 Å². The molecule has 3 aromatic heterocycles. The van der Waals surface area contributed by atoms with Gasteiger partial charge in [0.1, 0.15) is 11.5 Å². The Morgan fingerprint density at radius 3 is 2.53 bits per heavy atom. The van der Waals surface area contributed by atoms with Crippen LogP contribution in [0.3, 0.4) is 0 Å². The minimum absolute atomic E-state index is 0.0903. The van der Waals surface area contributed by atoms with E-state index in [1.165, 1.54) is 6.07 Å². The van der Waals surface area contributed by atoms with Crippen molar-refractivity contribution in [3.63, 3.8) is 0 Å². The Bertz CT molecular complexity index is 1740. The second-order valence-corrected chi connectivity index (χ2v) is 11.1. The molecule has 8 nitrogen and oxygen atoms in total. The van der Waals surface area contributed by atoms with Gasteiger partial charge < -0.3 is 9.73 Å². The molecule has 222 valence electrons. The number of hydrogen-bond acceptors (Lipinski definition) is 5. The van der Waals surface area contributed by atoms with Gasteiger partial charge in [0.25, 0.3) is 0 Å². The lowest BCUT2D eigenvalue weighted by molar-refractivity contribution is -0.121. The maximum absolute atomic E-state index is 14.3. The highest BCUT2D eigenvalue weighted by molar-refractivity contribution is 5.80. The fourth-order valence-corrected chi connectivity index (χ4v) is 5.91. The summed E-state index contributed by atoms with van der Waals surface area (Å²) < 4.78 is 37.5. The van der Waals surface area contributed by atoms with Crippen molar-refractivity contribution in [1.29, 1.82) is 0 Å². The highest BCUT2D eigenvalue weighted by Crippen LogP contribution is 2.31. The molecule has 0 spiro atoms. The van der Waals surface area contributed by atoms with Crippen molar-refractivity contribution in [1.82, 2.24) is 29.8 Å². The van der Waals surface area contributed by atoms with E-state index in [1.807, 2.05) is 74.2 Å². The molecule has 10 heteroatoms. The molecular formula is C33H34F2N6O2. The van der Waals surface area contributed by atoms with Gasteiger partial charge in [0.05, 0.1) is 36.2 Å². The van der Waals surface area contributed by atoms with Crippen LogP contribution >= 0.6 is 0 Å². The summed E-state index contributed by atoms with van der Waals surface area (Å²) in [5, 5.41) is 12.4. The summed E-state index contributed by atoms with van der Waals surface area (Å²) in [5.74, 6) is -0.458. The number of benzene rings is 2. The van der Waals surface area contributed by atoms with Gasteiger partial charge in [-0.15, -0.1) is 0 Å². The predicted molar refractivity (Wildman–Crippen MR) is 159 cm³/mol. The summed E-state index contributed by atoms with van der Waals surface area (Å²) in [5.41, 5.74) is 4.78. The first-order valence-electron chi connectivity index (χ1n) is 14.5. The lowest BCUT2D eigenvalue weighted by atomic mass is 9.94. The minimum Gasteiger partial charge on any atom is -0.465 e. The zero-order valence-corrected chi connectivity index (χ0v) is 24.4. The number of nitrogens with zero attached hydrogens (tertiary/aromatic N) is 5. The fraction of sp³-hybridized carbons (Fsp3) is 0.303. The second-order valence-electron chi connectivity index (χ2n) is 11.1. The number of amides is 1. The molecule has 5 aromatic rings. The molecule has 1 fully saturated rings. The van der Waals surface area contributed by atoms with Gasteiger partial charge >= 0.3 is 0 Å². The van der Waals surface area contributed by atoms with Gasteiger partial charge in [-0.25, -0.2) is 13.5 Å². The van der Waals surface area contributed by atoms with Gasteiger partial charge in [0.2, 0.25) is 5.91 Å². The first-order chi connectivity index (χ1) is 20.8. The molecule has 0 unspecified atom stereocenters. The van der Waals surface area contributed by atoms with Gasteiger partial charge in [0.15, 0.2) is 11.6 Å². The second kappa shape index (κ2) is 12.0. The summed E-state index contributed by atoms with van der Waals surface area (Å²) in [6.45, 7) is 5.65. The maximum Gasteiger partial charge on any atom is 0.226 e. The van der Waals surface area contributed by atoms with Crippen LogP contribution in [0.15, 0.2) is 77.5 Å². The summed E-state index contributed by atoms with van der Waals surface area (Å²) in [6, 6.07) is 17.3. The molecular weight excluding hydrogens is 550 g/mol. The van der Waals surface area contributed by atoms with Crippen LogP contribution in [-0.4, -0.2) is 49.5 Å². The number of para-hydroxylation sites is 1. The molecule has 6 rings (SSSR count). The van der Waals surface area contributed by atoms with Gasteiger partial charge in [-0.1, -0.05) is 31.2 Å². The molecule has 1 amide bonds. The first-order valence-corrected chi connectivity index (χ1v) is 14.5. The predicted octanol–water partition coefficient (Wildman–Crippen LogP) is 5.34. The van der Waals surface area contributed by atoms with Crippen molar-refractivity contribution >= 4 is 5.91 Å².